The predicted molar refractivity (Wildman–Crippen MR) is 112 cm³/mol. The fourth-order valence-corrected chi connectivity index (χ4v) is 3.34. The van der Waals surface area contributed by atoms with E-state index in [1.165, 1.54) is 0 Å². The van der Waals surface area contributed by atoms with E-state index in [1.807, 2.05) is 48.5 Å². The molecule has 140 valence electrons. The Morgan fingerprint density at radius 1 is 0.929 bits per heavy atom. The zero-order valence-electron chi connectivity index (χ0n) is 15.4. The number of nitrogens with zero attached hydrogens (tertiary/aromatic N) is 1. The van der Waals surface area contributed by atoms with Gasteiger partial charge < -0.3 is 16.2 Å². The third-order valence-corrected chi connectivity index (χ3v) is 4.83. The maximum atomic E-state index is 12.0. The van der Waals surface area contributed by atoms with Crippen LogP contribution in [0.4, 0.5) is 11.4 Å². The van der Waals surface area contributed by atoms with E-state index >= 15 is 0 Å². The Kier molecular flexibility index (Phi) is 4.45. The molecule has 0 aliphatic carbocycles. The maximum absolute atomic E-state index is 12.0. The minimum atomic E-state index is -0.197. The van der Waals surface area contributed by atoms with E-state index < -0.39 is 0 Å². The molecule has 28 heavy (non-hydrogen) atoms. The van der Waals surface area contributed by atoms with E-state index in [0.29, 0.717) is 23.2 Å². The van der Waals surface area contributed by atoms with Crippen molar-refractivity contribution in [2.75, 3.05) is 18.6 Å². The van der Waals surface area contributed by atoms with Gasteiger partial charge in [0.15, 0.2) is 0 Å². The van der Waals surface area contributed by atoms with Crippen molar-refractivity contribution in [3.05, 3.63) is 82.3 Å². The fraction of sp³-hybridized carbons (Fsp3) is 0.0909. The molecule has 0 aliphatic heterocycles. The van der Waals surface area contributed by atoms with Gasteiger partial charge in [0.2, 0.25) is 0 Å². The van der Waals surface area contributed by atoms with Crippen molar-refractivity contribution in [3.63, 3.8) is 0 Å². The highest BCUT2D eigenvalue weighted by Gasteiger charge is 2.12. The van der Waals surface area contributed by atoms with Crippen LogP contribution >= 0.6 is 0 Å². The molecule has 4 aromatic rings. The summed E-state index contributed by atoms with van der Waals surface area (Å²) in [6.07, 6.45) is 0.513. The number of nitrogens with one attached hydrogen (secondary N) is 1. The number of aromatic nitrogens is 2. The number of anilines is 2. The number of hydrogen-bond acceptors (Lipinski definition) is 5. The molecule has 0 bridgehead atoms. The molecule has 3 aromatic carbocycles. The zero-order valence-corrected chi connectivity index (χ0v) is 15.4. The summed E-state index contributed by atoms with van der Waals surface area (Å²) in [5.74, 6) is 0.754. The van der Waals surface area contributed by atoms with Crippen LogP contribution in [0.15, 0.2) is 65.5 Å². The van der Waals surface area contributed by atoms with Gasteiger partial charge in [-0.25, -0.2) is 5.10 Å². The van der Waals surface area contributed by atoms with Crippen LogP contribution in [0.3, 0.4) is 0 Å². The summed E-state index contributed by atoms with van der Waals surface area (Å²) in [6.45, 7) is 0. The van der Waals surface area contributed by atoms with Gasteiger partial charge in [0.1, 0.15) is 5.75 Å². The molecule has 0 saturated heterocycles. The second kappa shape index (κ2) is 7.08. The van der Waals surface area contributed by atoms with E-state index in [4.69, 9.17) is 16.2 Å². The topological polar surface area (TPSA) is 107 Å². The Labute approximate surface area is 161 Å². The molecular weight excluding hydrogens is 352 g/mol. The smallest absolute Gasteiger partial charge is 0.272 e. The van der Waals surface area contributed by atoms with Gasteiger partial charge in [-0.2, -0.15) is 5.10 Å². The van der Waals surface area contributed by atoms with Gasteiger partial charge in [0.05, 0.1) is 29.6 Å². The van der Waals surface area contributed by atoms with Crippen LogP contribution in [-0.2, 0) is 6.42 Å². The molecule has 1 heterocycles. The first kappa shape index (κ1) is 17.6. The lowest BCUT2D eigenvalue weighted by Gasteiger charge is -2.12. The predicted octanol–water partition coefficient (Wildman–Crippen LogP) is 3.35. The summed E-state index contributed by atoms with van der Waals surface area (Å²) in [5.41, 5.74) is 16.4. The van der Waals surface area contributed by atoms with Crippen LogP contribution in [0.1, 0.15) is 11.3 Å². The molecule has 0 radical (unpaired) electrons. The van der Waals surface area contributed by atoms with Crippen molar-refractivity contribution in [1.29, 1.82) is 0 Å². The van der Waals surface area contributed by atoms with E-state index in [0.717, 1.165) is 33.5 Å². The van der Waals surface area contributed by atoms with Gasteiger partial charge in [-0.15, -0.1) is 0 Å². The lowest BCUT2D eigenvalue weighted by atomic mass is 9.98. The van der Waals surface area contributed by atoms with Crippen molar-refractivity contribution in [2.45, 2.75) is 6.42 Å². The molecule has 0 unspecified atom stereocenters. The first-order valence-electron chi connectivity index (χ1n) is 8.85. The Hall–Kier alpha value is -3.80. The van der Waals surface area contributed by atoms with Crippen molar-refractivity contribution in [3.8, 4) is 16.9 Å². The number of nitrogen functional groups attached to an aromatic ring is 2. The van der Waals surface area contributed by atoms with E-state index in [1.54, 1.807) is 19.2 Å². The Morgan fingerprint density at radius 3 is 2.39 bits per heavy atom. The highest BCUT2D eigenvalue weighted by molar-refractivity contribution is 5.84. The van der Waals surface area contributed by atoms with Crippen LogP contribution in [0.5, 0.6) is 5.75 Å². The summed E-state index contributed by atoms with van der Waals surface area (Å²) in [6, 6.07) is 19.0. The number of rotatable bonds is 4. The van der Waals surface area contributed by atoms with Gasteiger partial charge in [0, 0.05) is 17.4 Å². The molecule has 0 aliphatic rings. The summed E-state index contributed by atoms with van der Waals surface area (Å²) >= 11 is 0. The number of ether oxygens (including phenoxy) is 1. The molecule has 0 saturated carbocycles. The Bertz CT molecular complexity index is 1230. The molecule has 5 N–H and O–H groups in total. The number of fused-ring (bicyclic) bond motifs is 1. The van der Waals surface area contributed by atoms with Crippen LogP contribution < -0.4 is 21.8 Å². The normalized spacial score (nSPS) is 10.9. The summed E-state index contributed by atoms with van der Waals surface area (Å²) < 4.78 is 5.54. The highest BCUT2D eigenvalue weighted by atomic mass is 16.5. The fourth-order valence-electron chi connectivity index (χ4n) is 3.34. The van der Waals surface area contributed by atoms with Crippen molar-refractivity contribution in [1.82, 2.24) is 10.2 Å². The Morgan fingerprint density at radius 2 is 1.64 bits per heavy atom. The number of hydrogen-bond donors (Lipinski definition) is 3. The first-order chi connectivity index (χ1) is 13.6. The van der Waals surface area contributed by atoms with E-state index in [-0.39, 0.29) is 5.56 Å². The monoisotopic (exact) mass is 372 g/mol. The minimum absolute atomic E-state index is 0.197. The lowest BCUT2D eigenvalue weighted by Crippen LogP contribution is -2.11. The van der Waals surface area contributed by atoms with Gasteiger partial charge in [-0.1, -0.05) is 30.3 Å². The standard InChI is InChI=1S/C22H20N4O2/c1-28-21-9-7-13(14-6-8-18(23)19(24)11-14)10-15(21)12-20-16-4-2-3-5-17(16)22(27)26-25-20/h2-11H,12,23-24H2,1H3,(H,26,27). The number of benzene rings is 3. The second-order valence-corrected chi connectivity index (χ2v) is 6.59. The Balaban J connectivity index is 1.80. The molecule has 0 amide bonds. The quantitative estimate of drug-likeness (QED) is 0.476. The highest BCUT2D eigenvalue weighted by Crippen LogP contribution is 2.31. The average Bonchev–Trinajstić information content (AvgIpc) is 2.72. The maximum Gasteiger partial charge on any atom is 0.272 e. The number of H-pyrrole nitrogens is 1. The molecule has 6 nitrogen and oxygen atoms in total. The molecule has 4 rings (SSSR count). The first-order valence-corrected chi connectivity index (χ1v) is 8.85. The van der Waals surface area contributed by atoms with Gasteiger partial charge in [-0.05, 0) is 41.5 Å². The summed E-state index contributed by atoms with van der Waals surface area (Å²) in [5, 5.41) is 8.31. The second-order valence-electron chi connectivity index (χ2n) is 6.59. The number of nitrogens with two attached hydrogens (primary N) is 2. The molecule has 1 aromatic heterocycles. The van der Waals surface area contributed by atoms with Crippen LogP contribution in [0.2, 0.25) is 0 Å². The summed E-state index contributed by atoms with van der Waals surface area (Å²) in [4.78, 5) is 12.0. The molecule has 0 atom stereocenters. The third-order valence-electron chi connectivity index (χ3n) is 4.83. The molecule has 0 fully saturated rings. The van der Waals surface area contributed by atoms with Crippen molar-refractivity contribution in [2.24, 2.45) is 0 Å². The zero-order chi connectivity index (χ0) is 19.7. The van der Waals surface area contributed by atoms with Crippen LogP contribution in [0.25, 0.3) is 21.9 Å². The van der Waals surface area contributed by atoms with Gasteiger partial charge in [-0.3, -0.25) is 4.79 Å². The van der Waals surface area contributed by atoms with E-state index in [9.17, 15) is 4.79 Å². The molecule has 6 heteroatoms. The molecular formula is C22H20N4O2. The lowest BCUT2D eigenvalue weighted by molar-refractivity contribution is 0.410. The van der Waals surface area contributed by atoms with Crippen molar-refractivity contribution < 1.29 is 4.74 Å². The minimum Gasteiger partial charge on any atom is -0.496 e. The third kappa shape index (κ3) is 3.16. The van der Waals surface area contributed by atoms with Crippen LogP contribution in [-0.4, -0.2) is 17.3 Å². The van der Waals surface area contributed by atoms with Gasteiger partial charge in [0.25, 0.3) is 5.56 Å². The molecule has 0 spiro atoms. The van der Waals surface area contributed by atoms with Crippen LogP contribution in [0, 0.1) is 0 Å². The SMILES string of the molecule is COc1ccc(-c2ccc(N)c(N)c2)cc1Cc1n[nH]c(=O)c2ccccc12. The van der Waals surface area contributed by atoms with Gasteiger partial charge >= 0.3 is 0 Å². The van der Waals surface area contributed by atoms with E-state index in [2.05, 4.69) is 10.2 Å². The number of methoxy groups -OCH3 is 1. The summed E-state index contributed by atoms with van der Waals surface area (Å²) in [7, 11) is 1.64. The van der Waals surface area contributed by atoms with Crippen molar-refractivity contribution >= 4 is 22.1 Å². The number of aromatic amines is 1. The largest absolute Gasteiger partial charge is 0.496 e. The average molecular weight is 372 g/mol.